The maximum absolute atomic E-state index is 12.2. The van der Waals surface area contributed by atoms with Gasteiger partial charge in [-0.05, 0) is 60.7 Å². The Labute approximate surface area is 111 Å². The summed E-state index contributed by atoms with van der Waals surface area (Å²) in [5.74, 6) is 0. The molecule has 0 aromatic carbocycles. The summed E-state index contributed by atoms with van der Waals surface area (Å²) < 4.78 is 2.94. The van der Waals surface area contributed by atoms with Crippen LogP contribution in [0.5, 0.6) is 0 Å². The summed E-state index contributed by atoms with van der Waals surface area (Å²) in [4.78, 5) is 16.5. The number of rotatable bonds is 3. The number of nitrogens with zero attached hydrogens (tertiary/aromatic N) is 5. The molecule has 0 bridgehead atoms. The molecule has 100 valence electrons. The summed E-state index contributed by atoms with van der Waals surface area (Å²) >= 11 is 0. The monoisotopic (exact) mass is 259 g/mol. The molecule has 2 aromatic heterocycles. The summed E-state index contributed by atoms with van der Waals surface area (Å²) in [5.41, 5.74) is 2.99. The molecule has 0 radical (unpaired) electrons. The first-order valence-corrected chi connectivity index (χ1v) is 6.60. The Balaban J connectivity index is 1.91. The van der Waals surface area contributed by atoms with Crippen LogP contribution >= 0.6 is 0 Å². The smallest absolute Gasteiger partial charge is 0.261 e. The third-order valence-electron chi connectivity index (χ3n) is 3.90. The number of aryl methyl sites for hydroxylation is 2. The van der Waals surface area contributed by atoms with Crippen LogP contribution in [0.25, 0.3) is 0 Å². The van der Waals surface area contributed by atoms with Crippen molar-refractivity contribution >= 4 is 0 Å². The van der Waals surface area contributed by atoms with Crippen LogP contribution in [0.2, 0.25) is 0 Å². The first-order chi connectivity index (χ1) is 9.16. The maximum atomic E-state index is 12.2. The Morgan fingerprint density at radius 1 is 1.32 bits per heavy atom. The molecule has 0 unspecified atom stereocenters. The van der Waals surface area contributed by atoms with Gasteiger partial charge < -0.3 is 0 Å². The summed E-state index contributed by atoms with van der Waals surface area (Å²) in [6, 6.07) is 2.20. The predicted octanol–water partition coefficient (Wildman–Crippen LogP) is 1.22. The number of aromatic nitrogens is 5. The molecule has 0 saturated heterocycles. The summed E-state index contributed by atoms with van der Waals surface area (Å²) in [7, 11) is 0. The minimum absolute atomic E-state index is 0.118. The third kappa shape index (κ3) is 2.07. The van der Waals surface area contributed by atoms with E-state index >= 15 is 0 Å². The van der Waals surface area contributed by atoms with E-state index < -0.39 is 0 Å². The van der Waals surface area contributed by atoms with Crippen LogP contribution in [-0.4, -0.2) is 24.8 Å². The highest BCUT2D eigenvalue weighted by atomic mass is 16.2. The minimum Gasteiger partial charge on any atom is -0.261 e. The van der Waals surface area contributed by atoms with Crippen molar-refractivity contribution in [3.05, 3.63) is 39.6 Å². The Morgan fingerprint density at radius 2 is 2.11 bits per heavy atom. The van der Waals surface area contributed by atoms with E-state index in [9.17, 15) is 4.79 Å². The second-order valence-electron chi connectivity index (χ2n) is 5.14. The van der Waals surface area contributed by atoms with Gasteiger partial charge in [-0.3, -0.25) is 4.98 Å². The highest BCUT2D eigenvalue weighted by molar-refractivity contribution is 5.28. The largest absolute Gasteiger partial charge is 0.364 e. The van der Waals surface area contributed by atoms with Crippen LogP contribution in [-0.2, 0) is 6.54 Å². The van der Waals surface area contributed by atoms with Crippen LogP contribution in [0.4, 0.5) is 0 Å². The van der Waals surface area contributed by atoms with E-state index in [1.807, 2.05) is 19.9 Å². The van der Waals surface area contributed by atoms with E-state index in [1.54, 1.807) is 6.20 Å². The number of pyridine rings is 1. The van der Waals surface area contributed by atoms with Crippen molar-refractivity contribution in [1.29, 1.82) is 0 Å². The van der Waals surface area contributed by atoms with Gasteiger partial charge in [-0.2, -0.15) is 9.36 Å². The lowest BCUT2D eigenvalue weighted by atomic mass is 9.93. The van der Waals surface area contributed by atoms with Crippen molar-refractivity contribution in [3.63, 3.8) is 0 Å². The average Bonchev–Trinajstić information content (AvgIpc) is 2.65. The molecule has 3 rings (SSSR count). The molecular formula is C13H17N5O. The maximum Gasteiger partial charge on any atom is 0.364 e. The van der Waals surface area contributed by atoms with Gasteiger partial charge in [-0.25, -0.2) is 4.79 Å². The number of hydrogen-bond donors (Lipinski definition) is 0. The molecule has 0 amide bonds. The summed E-state index contributed by atoms with van der Waals surface area (Å²) in [5, 5.41) is 7.98. The molecule has 1 aliphatic carbocycles. The average molecular weight is 259 g/mol. The quantitative estimate of drug-likeness (QED) is 0.831. The van der Waals surface area contributed by atoms with Gasteiger partial charge in [0.1, 0.15) is 0 Å². The normalized spacial score (nSPS) is 15.5. The minimum atomic E-state index is -0.118. The van der Waals surface area contributed by atoms with E-state index in [-0.39, 0.29) is 11.7 Å². The van der Waals surface area contributed by atoms with Gasteiger partial charge in [0.15, 0.2) is 0 Å². The van der Waals surface area contributed by atoms with Gasteiger partial charge in [0.25, 0.3) is 0 Å². The lowest BCUT2D eigenvalue weighted by Gasteiger charge is -2.23. The van der Waals surface area contributed by atoms with E-state index in [0.717, 1.165) is 29.7 Å². The van der Waals surface area contributed by atoms with Gasteiger partial charge >= 0.3 is 5.69 Å². The summed E-state index contributed by atoms with van der Waals surface area (Å²) in [6.07, 6.45) is 5.01. The zero-order valence-electron chi connectivity index (χ0n) is 11.2. The number of tetrazole rings is 1. The lowest BCUT2D eigenvalue weighted by Crippen LogP contribution is -2.32. The Morgan fingerprint density at radius 3 is 2.74 bits per heavy atom. The first-order valence-electron chi connectivity index (χ1n) is 6.60. The Kier molecular flexibility index (Phi) is 2.93. The van der Waals surface area contributed by atoms with Gasteiger partial charge in [0.2, 0.25) is 0 Å². The highest BCUT2D eigenvalue weighted by Gasteiger charge is 2.24. The van der Waals surface area contributed by atoms with E-state index in [0.29, 0.717) is 6.54 Å². The van der Waals surface area contributed by atoms with Crippen LogP contribution < -0.4 is 5.69 Å². The third-order valence-corrected chi connectivity index (χ3v) is 3.90. The van der Waals surface area contributed by atoms with E-state index in [1.165, 1.54) is 15.8 Å². The van der Waals surface area contributed by atoms with Gasteiger partial charge in [-0.1, -0.05) is 0 Å². The molecule has 0 atom stereocenters. The summed E-state index contributed by atoms with van der Waals surface area (Å²) in [6.45, 7) is 4.41. The standard InChI is InChI=1S/C13H17N5O/c1-9-6-7-14-10(2)12(9)8-17-13(19)18(16-15-17)11-4-3-5-11/h6-7,11H,3-5,8H2,1-2H3. The van der Waals surface area contributed by atoms with Crippen molar-refractivity contribution in [3.8, 4) is 0 Å². The van der Waals surface area contributed by atoms with Crippen molar-refractivity contribution in [1.82, 2.24) is 24.8 Å². The van der Waals surface area contributed by atoms with Crippen LogP contribution in [0.3, 0.4) is 0 Å². The lowest BCUT2D eigenvalue weighted by molar-refractivity contribution is 0.277. The zero-order chi connectivity index (χ0) is 13.4. The van der Waals surface area contributed by atoms with Crippen LogP contribution in [0.1, 0.15) is 42.1 Å². The molecule has 6 nitrogen and oxygen atoms in total. The van der Waals surface area contributed by atoms with Crippen LogP contribution in [0, 0.1) is 13.8 Å². The molecular weight excluding hydrogens is 242 g/mol. The van der Waals surface area contributed by atoms with Crippen LogP contribution in [0.15, 0.2) is 17.1 Å². The van der Waals surface area contributed by atoms with Crippen molar-refractivity contribution in [2.75, 3.05) is 0 Å². The molecule has 2 heterocycles. The first kappa shape index (κ1) is 12.1. The fourth-order valence-corrected chi connectivity index (χ4v) is 2.36. The second kappa shape index (κ2) is 4.60. The highest BCUT2D eigenvalue weighted by Crippen LogP contribution is 2.29. The van der Waals surface area contributed by atoms with Crippen molar-refractivity contribution in [2.45, 2.75) is 45.7 Å². The SMILES string of the molecule is Cc1ccnc(C)c1Cn1nnn(C2CCC2)c1=O. The Hall–Kier alpha value is -1.98. The number of hydrogen-bond acceptors (Lipinski definition) is 4. The molecule has 1 fully saturated rings. The zero-order valence-corrected chi connectivity index (χ0v) is 11.2. The van der Waals surface area contributed by atoms with E-state index in [4.69, 9.17) is 0 Å². The van der Waals surface area contributed by atoms with Crippen molar-refractivity contribution in [2.24, 2.45) is 0 Å². The topological polar surface area (TPSA) is 65.6 Å². The Bertz CT molecular complexity index is 633. The van der Waals surface area contributed by atoms with Crippen molar-refractivity contribution < 1.29 is 0 Å². The molecule has 1 aliphatic rings. The molecule has 0 N–H and O–H groups in total. The van der Waals surface area contributed by atoms with E-state index in [2.05, 4.69) is 15.4 Å². The van der Waals surface area contributed by atoms with Gasteiger partial charge in [0, 0.05) is 11.9 Å². The molecule has 1 saturated carbocycles. The fourth-order valence-electron chi connectivity index (χ4n) is 2.36. The molecule has 19 heavy (non-hydrogen) atoms. The molecule has 2 aromatic rings. The molecule has 0 spiro atoms. The van der Waals surface area contributed by atoms with Gasteiger partial charge in [0.05, 0.1) is 12.6 Å². The predicted molar refractivity (Wildman–Crippen MR) is 70.0 cm³/mol. The van der Waals surface area contributed by atoms with Gasteiger partial charge in [-0.15, -0.1) is 0 Å². The molecule has 6 heteroatoms. The fraction of sp³-hybridized carbons (Fsp3) is 0.538. The molecule has 0 aliphatic heterocycles. The second-order valence-corrected chi connectivity index (χ2v) is 5.14.